The molecule has 3 nitrogen and oxygen atoms in total. The van der Waals surface area contributed by atoms with Crippen LogP contribution in [0.2, 0.25) is 0 Å². The monoisotopic (exact) mass is 288 g/mol. The normalized spacial score (nSPS) is 10.9. The second-order valence-electron chi connectivity index (χ2n) is 5.43. The van der Waals surface area contributed by atoms with Crippen LogP contribution < -0.4 is 5.43 Å². The molecule has 21 heavy (non-hydrogen) atoms. The van der Waals surface area contributed by atoms with Crippen molar-refractivity contribution in [2.24, 2.45) is 5.10 Å². The Bertz CT molecular complexity index is 401. The summed E-state index contributed by atoms with van der Waals surface area (Å²) < 4.78 is 0. The number of amides is 1. The summed E-state index contributed by atoms with van der Waals surface area (Å²) in [5, 5.41) is 3.97. The zero-order valence-electron chi connectivity index (χ0n) is 13.2. The van der Waals surface area contributed by atoms with Crippen LogP contribution in [0.15, 0.2) is 35.4 Å². The van der Waals surface area contributed by atoms with Crippen LogP contribution >= 0.6 is 0 Å². The lowest BCUT2D eigenvalue weighted by Gasteiger charge is -2.01. The molecule has 3 heteroatoms. The van der Waals surface area contributed by atoms with E-state index in [0.29, 0.717) is 6.42 Å². The molecule has 1 aromatic rings. The Hall–Kier alpha value is -1.64. The molecular weight excluding hydrogens is 260 g/mol. The fourth-order valence-electron chi connectivity index (χ4n) is 2.19. The highest BCUT2D eigenvalue weighted by Crippen LogP contribution is 2.09. The molecule has 0 saturated heterocycles. The van der Waals surface area contributed by atoms with Crippen molar-refractivity contribution >= 4 is 12.1 Å². The van der Waals surface area contributed by atoms with Crippen molar-refractivity contribution in [3.8, 4) is 0 Å². The second-order valence-corrected chi connectivity index (χ2v) is 5.43. The minimum Gasteiger partial charge on any atom is -0.273 e. The maximum atomic E-state index is 11.6. The van der Waals surface area contributed by atoms with Gasteiger partial charge in [-0.25, -0.2) is 5.43 Å². The van der Waals surface area contributed by atoms with Crippen molar-refractivity contribution in [3.63, 3.8) is 0 Å². The van der Waals surface area contributed by atoms with E-state index in [1.165, 1.54) is 38.5 Å². The van der Waals surface area contributed by atoms with Gasteiger partial charge in [0, 0.05) is 6.42 Å². The van der Waals surface area contributed by atoms with Gasteiger partial charge < -0.3 is 0 Å². The van der Waals surface area contributed by atoms with Gasteiger partial charge in [0.15, 0.2) is 0 Å². The summed E-state index contributed by atoms with van der Waals surface area (Å²) in [6.45, 7) is 2.24. The summed E-state index contributed by atoms with van der Waals surface area (Å²) in [5.74, 6) is 0.00756. The van der Waals surface area contributed by atoms with Crippen molar-refractivity contribution in [3.05, 3.63) is 35.9 Å². The standard InChI is InChI=1S/C18H28N2O/c1-2-3-4-5-6-7-8-12-15-18(21)20-19-16-17-13-10-9-11-14-17/h9-11,13-14,16H,2-8,12,15H2,1H3,(H,20,21)/b19-16+. The lowest BCUT2D eigenvalue weighted by Crippen LogP contribution is -2.16. The van der Waals surface area contributed by atoms with Gasteiger partial charge >= 0.3 is 0 Å². The van der Waals surface area contributed by atoms with Crippen LogP contribution in [0.4, 0.5) is 0 Å². The first-order valence-electron chi connectivity index (χ1n) is 8.20. The highest BCUT2D eigenvalue weighted by atomic mass is 16.2. The number of rotatable bonds is 11. The Morgan fingerprint density at radius 3 is 2.29 bits per heavy atom. The molecular formula is C18H28N2O. The number of nitrogens with zero attached hydrogens (tertiary/aromatic N) is 1. The third kappa shape index (κ3) is 9.83. The van der Waals surface area contributed by atoms with E-state index in [4.69, 9.17) is 0 Å². The van der Waals surface area contributed by atoms with E-state index >= 15 is 0 Å². The second kappa shape index (κ2) is 12.1. The molecule has 0 spiro atoms. The highest BCUT2D eigenvalue weighted by Gasteiger charge is 1.99. The van der Waals surface area contributed by atoms with E-state index in [-0.39, 0.29) is 5.91 Å². The molecule has 0 aromatic heterocycles. The van der Waals surface area contributed by atoms with Crippen LogP contribution in [0.5, 0.6) is 0 Å². The summed E-state index contributed by atoms with van der Waals surface area (Å²) in [4.78, 5) is 11.6. The lowest BCUT2D eigenvalue weighted by atomic mass is 10.1. The molecule has 0 atom stereocenters. The van der Waals surface area contributed by atoms with Crippen LogP contribution in [-0.4, -0.2) is 12.1 Å². The van der Waals surface area contributed by atoms with Gasteiger partial charge in [-0.05, 0) is 12.0 Å². The molecule has 0 saturated carbocycles. The van der Waals surface area contributed by atoms with Crippen LogP contribution in [0.3, 0.4) is 0 Å². The molecule has 0 unspecified atom stereocenters. The Balaban J connectivity index is 1.98. The minimum absolute atomic E-state index is 0.00756. The van der Waals surface area contributed by atoms with E-state index in [2.05, 4.69) is 17.5 Å². The van der Waals surface area contributed by atoms with Crippen molar-refractivity contribution in [1.82, 2.24) is 5.43 Å². The average molecular weight is 288 g/mol. The smallest absolute Gasteiger partial charge is 0.240 e. The molecule has 0 aliphatic heterocycles. The van der Waals surface area contributed by atoms with Gasteiger partial charge in [-0.2, -0.15) is 5.10 Å². The molecule has 1 aromatic carbocycles. The number of carbonyl (C=O) groups excluding carboxylic acids is 1. The first-order valence-corrected chi connectivity index (χ1v) is 8.20. The summed E-state index contributed by atoms with van der Waals surface area (Å²) in [6.07, 6.45) is 12.2. The van der Waals surface area contributed by atoms with E-state index < -0.39 is 0 Å². The molecule has 0 bridgehead atoms. The largest absolute Gasteiger partial charge is 0.273 e. The Labute approximate surface area is 128 Å². The molecule has 1 N–H and O–H groups in total. The zero-order valence-corrected chi connectivity index (χ0v) is 13.2. The molecule has 0 fully saturated rings. The van der Waals surface area contributed by atoms with Crippen molar-refractivity contribution in [2.45, 2.75) is 64.7 Å². The summed E-state index contributed by atoms with van der Waals surface area (Å²) in [5.41, 5.74) is 3.57. The average Bonchev–Trinajstić information content (AvgIpc) is 2.51. The van der Waals surface area contributed by atoms with Crippen LogP contribution in [-0.2, 0) is 4.79 Å². The molecule has 116 valence electrons. The number of hydrazone groups is 1. The zero-order chi connectivity index (χ0) is 15.2. The van der Waals surface area contributed by atoms with Gasteiger partial charge in [0.2, 0.25) is 5.91 Å². The summed E-state index contributed by atoms with van der Waals surface area (Å²) >= 11 is 0. The SMILES string of the molecule is CCCCCCCCCCC(=O)N/N=C/c1ccccc1. The van der Waals surface area contributed by atoms with E-state index in [9.17, 15) is 4.79 Å². The fraction of sp³-hybridized carbons (Fsp3) is 0.556. The number of hydrogen-bond acceptors (Lipinski definition) is 2. The molecule has 1 amide bonds. The topological polar surface area (TPSA) is 41.5 Å². The van der Waals surface area contributed by atoms with Gasteiger partial charge in [-0.1, -0.05) is 82.2 Å². The minimum atomic E-state index is 0.00756. The Kier molecular flexibility index (Phi) is 10.1. The summed E-state index contributed by atoms with van der Waals surface area (Å²) in [7, 11) is 0. The van der Waals surface area contributed by atoms with Gasteiger partial charge in [0.25, 0.3) is 0 Å². The van der Waals surface area contributed by atoms with Gasteiger partial charge in [-0.3, -0.25) is 4.79 Å². The molecule has 1 rings (SSSR count). The Morgan fingerprint density at radius 1 is 1.00 bits per heavy atom. The number of benzene rings is 1. The lowest BCUT2D eigenvalue weighted by molar-refractivity contribution is -0.121. The van der Waals surface area contributed by atoms with E-state index in [1.807, 2.05) is 30.3 Å². The highest BCUT2D eigenvalue weighted by molar-refractivity contribution is 5.82. The Morgan fingerprint density at radius 2 is 1.62 bits per heavy atom. The first kappa shape index (κ1) is 17.4. The van der Waals surface area contributed by atoms with E-state index in [1.54, 1.807) is 6.21 Å². The predicted octanol–water partition coefficient (Wildman–Crippen LogP) is 4.67. The van der Waals surface area contributed by atoms with Gasteiger partial charge in [0.05, 0.1) is 6.21 Å². The number of nitrogens with one attached hydrogen (secondary N) is 1. The van der Waals surface area contributed by atoms with Crippen LogP contribution in [0.1, 0.15) is 70.3 Å². The molecule has 0 radical (unpaired) electrons. The molecule has 0 heterocycles. The fourth-order valence-corrected chi connectivity index (χ4v) is 2.19. The third-order valence-corrected chi connectivity index (χ3v) is 3.46. The number of unbranched alkanes of at least 4 members (excludes halogenated alkanes) is 7. The number of carbonyl (C=O) groups is 1. The van der Waals surface area contributed by atoms with Crippen molar-refractivity contribution in [1.29, 1.82) is 0 Å². The van der Waals surface area contributed by atoms with Crippen molar-refractivity contribution < 1.29 is 4.79 Å². The van der Waals surface area contributed by atoms with Crippen molar-refractivity contribution in [2.75, 3.05) is 0 Å². The van der Waals surface area contributed by atoms with Crippen LogP contribution in [0, 0.1) is 0 Å². The molecule has 0 aliphatic carbocycles. The molecule has 0 aliphatic rings. The maximum absolute atomic E-state index is 11.6. The van der Waals surface area contributed by atoms with Crippen LogP contribution in [0.25, 0.3) is 0 Å². The van der Waals surface area contributed by atoms with Gasteiger partial charge in [-0.15, -0.1) is 0 Å². The third-order valence-electron chi connectivity index (χ3n) is 3.46. The maximum Gasteiger partial charge on any atom is 0.240 e. The predicted molar refractivity (Wildman–Crippen MR) is 89.4 cm³/mol. The quantitative estimate of drug-likeness (QED) is 0.359. The number of hydrogen-bond donors (Lipinski definition) is 1. The first-order chi connectivity index (χ1) is 10.3. The van der Waals surface area contributed by atoms with Gasteiger partial charge in [0.1, 0.15) is 0 Å². The van der Waals surface area contributed by atoms with E-state index in [0.717, 1.165) is 18.4 Å². The summed E-state index contributed by atoms with van der Waals surface area (Å²) in [6, 6.07) is 9.76.